The zero-order chi connectivity index (χ0) is 13.7. The van der Waals surface area contributed by atoms with Gasteiger partial charge in [0.25, 0.3) is 0 Å². The van der Waals surface area contributed by atoms with Crippen LogP contribution in [0.3, 0.4) is 0 Å². The Labute approximate surface area is 116 Å². The van der Waals surface area contributed by atoms with Crippen molar-refractivity contribution in [3.8, 4) is 0 Å². The Hall–Kier alpha value is -1.73. The van der Waals surface area contributed by atoms with Crippen LogP contribution in [0.5, 0.6) is 0 Å². The SMILES string of the molecule is Cc1nnc2c(NC3C(N)C4CCCOC43)nccn12. The Morgan fingerprint density at radius 2 is 2.35 bits per heavy atom. The highest BCUT2D eigenvalue weighted by Crippen LogP contribution is 2.38. The Morgan fingerprint density at radius 1 is 1.45 bits per heavy atom. The van der Waals surface area contributed by atoms with E-state index in [0.717, 1.165) is 36.7 Å². The predicted molar refractivity (Wildman–Crippen MR) is 73.4 cm³/mol. The van der Waals surface area contributed by atoms with E-state index in [1.807, 2.05) is 17.5 Å². The first-order valence-corrected chi connectivity index (χ1v) is 7.06. The van der Waals surface area contributed by atoms with Gasteiger partial charge in [-0.3, -0.25) is 4.40 Å². The van der Waals surface area contributed by atoms with E-state index in [4.69, 9.17) is 10.5 Å². The van der Waals surface area contributed by atoms with Gasteiger partial charge in [0, 0.05) is 31.0 Å². The average Bonchev–Trinajstić information content (AvgIpc) is 2.87. The van der Waals surface area contributed by atoms with Gasteiger partial charge in [-0.15, -0.1) is 10.2 Å². The molecule has 1 saturated heterocycles. The third kappa shape index (κ3) is 1.63. The fourth-order valence-corrected chi connectivity index (χ4v) is 3.33. The number of ether oxygens (including phenoxy) is 1. The summed E-state index contributed by atoms with van der Waals surface area (Å²) in [5.74, 6) is 2.04. The number of fused-ring (bicyclic) bond motifs is 2. The van der Waals surface area contributed by atoms with E-state index in [-0.39, 0.29) is 18.2 Å². The second-order valence-electron chi connectivity index (χ2n) is 5.61. The molecule has 7 heteroatoms. The van der Waals surface area contributed by atoms with Crippen molar-refractivity contribution in [2.24, 2.45) is 11.7 Å². The van der Waals surface area contributed by atoms with E-state index >= 15 is 0 Å². The molecule has 4 atom stereocenters. The van der Waals surface area contributed by atoms with Crippen LogP contribution in [0.4, 0.5) is 5.82 Å². The van der Waals surface area contributed by atoms with Crippen molar-refractivity contribution in [1.82, 2.24) is 19.6 Å². The maximum Gasteiger partial charge on any atom is 0.203 e. The second-order valence-corrected chi connectivity index (χ2v) is 5.61. The summed E-state index contributed by atoms with van der Waals surface area (Å²) in [6, 6.07) is 0.224. The largest absolute Gasteiger partial charge is 0.376 e. The number of aromatic nitrogens is 4. The van der Waals surface area contributed by atoms with Gasteiger partial charge in [-0.05, 0) is 19.8 Å². The van der Waals surface area contributed by atoms with Crippen molar-refractivity contribution in [2.75, 3.05) is 11.9 Å². The summed E-state index contributed by atoms with van der Waals surface area (Å²) in [7, 11) is 0. The maximum absolute atomic E-state index is 6.26. The number of anilines is 1. The summed E-state index contributed by atoms with van der Waals surface area (Å²) < 4.78 is 7.75. The molecule has 3 N–H and O–H groups in total. The first-order valence-electron chi connectivity index (χ1n) is 7.06. The molecule has 2 aromatic rings. The molecule has 1 aliphatic heterocycles. The van der Waals surface area contributed by atoms with Crippen LogP contribution < -0.4 is 11.1 Å². The van der Waals surface area contributed by atoms with Gasteiger partial charge in [-0.2, -0.15) is 0 Å². The third-order valence-electron chi connectivity index (χ3n) is 4.48. The highest BCUT2D eigenvalue weighted by atomic mass is 16.5. The molecule has 0 radical (unpaired) electrons. The smallest absolute Gasteiger partial charge is 0.203 e. The second kappa shape index (κ2) is 4.39. The van der Waals surface area contributed by atoms with Gasteiger partial charge in [0.05, 0.1) is 12.1 Å². The summed E-state index contributed by atoms with van der Waals surface area (Å²) >= 11 is 0. The van der Waals surface area contributed by atoms with E-state index in [1.54, 1.807) is 6.20 Å². The molecule has 0 spiro atoms. The zero-order valence-corrected chi connectivity index (χ0v) is 11.4. The van der Waals surface area contributed by atoms with Gasteiger partial charge in [0.1, 0.15) is 5.82 Å². The van der Waals surface area contributed by atoms with Crippen LogP contribution in [-0.4, -0.2) is 44.4 Å². The number of hydrogen-bond acceptors (Lipinski definition) is 6. The minimum atomic E-state index is 0.107. The molecule has 1 saturated carbocycles. The third-order valence-corrected chi connectivity index (χ3v) is 4.48. The molecular weight excluding hydrogens is 256 g/mol. The molecule has 3 heterocycles. The fraction of sp³-hybridized carbons (Fsp3) is 0.615. The molecule has 0 amide bonds. The lowest BCUT2D eigenvalue weighted by Gasteiger charge is -2.52. The molecule has 4 rings (SSSR count). The summed E-state index contributed by atoms with van der Waals surface area (Å²) in [6.07, 6.45) is 6.07. The zero-order valence-electron chi connectivity index (χ0n) is 11.4. The molecule has 1 aliphatic carbocycles. The fourth-order valence-electron chi connectivity index (χ4n) is 3.33. The molecule has 2 aromatic heterocycles. The first-order chi connectivity index (χ1) is 9.75. The summed E-state index contributed by atoms with van der Waals surface area (Å²) in [5.41, 5.74) is 6.99. The van der Waals surface area contributed by atoms with E-state index in [2.05, 4.69) is 20.5 Å². The van der Waals surface area contributed by atoms with Crippen molar-refractivity contribution >= 4 is 11.5 Å². The van der Waals surface area contributed by atoms with E-state index < -0.39 is 0 Å². The highest BCUT2D eigenvalue weighted by Gasteiger charge is 2.50. The van der Waals surface area contributed by atoms with Crippen LogP contribution >= 0.6 is 0 Å². The molecule has 0 bridgehead atoms. The summed E-state index contributed by atoms with van der Waals surface area (Å²) in [6.45, 7) is 2.74. The van der Waals surface area contributed by atoms with Gasteiger partial charge in [0.15, 0.2) is 5.82 Å². The number of aryl methyl sites for hydroxylation is 1. The van der Waals surface area contributed by atoms with Crippen LogP contribution in [0.2, 0.25) is 0 Å². The minimum absolute atomic E-state index is 0.107. The molecule has 2 aliphatic rings. The first kappa shape index (κ1) is 12.0. The molecule has 7 nitrogen and oxygen atoms in total. The summed E-state index contributed by atoms with van der Waals surface area (Å²) in [4.78, 5) is 4.37. The predicted octanol–water partition coefficient (Wildman–Crippen LogP) is 0.349. The lowest BCUT2D eigenvalue weighted by molar-refractivity contribution is -0.104. The monoisotopic (exact) mass is 274 g/mol. The van der Waals surface area contributed by atoms with E-state index in [0.29, 0.717) is 5.92 Å². The standard InChI is InChI=1S/C13H18N6O/c1-7-17-18-13-12(15-4-5-19(7)13)16-10-9(14)8-3-2-6-20-11(8)10/h4-5,8-11H,2-3,6,14H2,1H3,(H,15,16). The Bertz CT molecular complexity index is 641. The molecule has 20 heavy (non-hydrogen) atoms. The van der Waals surface area contributed by atoms with Crippen molar-refractivity contribution in [1.29, 1.82) is 0 Å². The van der Waals surface area contributed by atoms with Gasteiger partial charge in [-0.1, -0.05) is 0 Å². The molecule has 4 unspecified atom stereocenters. The number of nitrogens with zero attached hydrogens (tertiary/aromatic N) is 4. The Morgan fingerprint density at radius 3 is 3.25 bits per heavy atom. The number of nitrogens with one attached hydrogen (secondary N) is 1. The van der Waals surface area contributed by atoms with Gasteiger partial charge in [-0.25, -0.2) is 4.98 Å². The molecular formula is C13H18N6O. The number of rotatable bonds is 2. The van der Waals surface area contributed by atoms with Crippen LogP contribution in [0.1, 0.15) is 18.7 Å². The van der Waals surface area contributed by atoms with Crippen molar-refractivity contribution in [2.45, 2.75) is 38.0 Å². The quantitative estimate of drug-likeness (QED) is 0.821. The normalized spacial score (nSPS) is 32.7. The maximum atomic E-state index is 6.26. The van der Waals surface area contributed by atoms with Crippen molar-refractivity contribution in [3.05, 3.63) is 18.2 Å². The summed E-state index contributed by atoms with van der Waals surface area (Å²) in [5, 5.41) is 11.6. The Kier molecular flexibility index (Phi) is 2.64. The average molecular weight is 274 g/mol. The lowest BCUT2D eigenvalue weighted by atomic mass is 9.68. The Balaban J connectivity index is 1.62. The van der Waals surface area contributed by atoms with Gasteiger partial charge >= 0.3 is 0 Å². The van der Waals surface area contributed by atoms with Crippen LogP contribution in [-0.2, 0) is 4.74 Å². The minimum Gasteiger partial charge on any atom is -0.376 e. The molecule has 2 fully saturated rings. The molecule has 106 valence electrons. The van der Waals surface area contributed by atoms with Crippen LogP contribution in [0, 0.1) is 12.8 Å². The van der Waals surface area contributed by atoms with Crippen LogP contribution in [0.25, 0.3) is 5.65 Å². The van der Waals surface area contributed by atoms with Crippen LogP contribution in [0.15, 0.2) is 12.4 Å². The molecule has 0 aromatic carbocycles. The van der Waals surface area contributed by atoms with E-state index in [1.165, 1.54) is 0 Å². The van der Waals surface area contributed by atoms with Gasteiger partial charge < -0.3 is 15.8 Å². The topological polar surface area (TPSA) is 90.4 Å². The lowest BCUT2D eigenvalue weighted by Crippen LogP contribution is -2.69. The highest BCUT2D eigenvalue weighted by molar-refractivity contribution is 5.63. The van der Waals surface area contributed by atoms with Crippen molar-refractivity contribution in [3.63, 3.8) is 0 Å². The number of nitrogens with two attached hydrogens (primary N) is 1. The number of hydrogen-bond donors (Lipinski definition) is 2. The van der Waals surface area contributed by atoms with E-state index in [9.17, 15) is 0 Å². The van der Waals surface area contributed by atoms with Gasteiger partial charge in [0.2, 0.25) is 5.65 Å². The van der Waals surface area contributed by atoms with Crippen molar-refractivity contribution < 1.29 is 4.74 Å².